The Morgan fingerprint density at radius 1 is 0.885 bits per heavy atom. The van der Waals surface area contributed by atoms with Gasteiger partial charge < -0.3 is 29.4 Å². The third-order valence-corrected chi connectivity index (χ3v) is 11.4. The molecular weight excluding hydrogens is 652 g/mol. The molecule has 0 aliphatic carbocycles. The molecule has 1 spiro atoms. The number of hydrogen-bond donors (Lipinski definition) is 1. The Kier molecular flexibility index (Phi) is 11.0. The highest BCUT2D eigenvalue weighted by Crippen LogP contribution is 2.64. The average Bonchev–Trinajstić information content (AvgIpc) is 3.74. The summed E-state index contributed by atoms with van der Waals surface area (Å²) in [5.41, 5.74) is 1.38. The van der Waals surface area contributed by atoms with Crippen LogP contribution in [-0.4, -0.2) is 88.7 Å². The number of ether oxygens (including phenoxy) is 1. The number of likely N-dealkylation sites (tertiary alicyclic amines) is 1. The third kappa shape index (κ3) is 6.56. The minimum atomic E-state index is -1.26. The standard InChI is InChI=1S/C43H52N4O5/c1-6-26-45(29-32-18-14-11-15-19-32)39(49)36-37-40(50)47(35(30-48)28-31-16-12-10-13-17-31)38(43(37)25-24-42(36,5)52-43)41(51)46(27-7-2)34-22-20-33(21-23-34)44(8-3)9-4/h6-7,10-23,35-38,48H,1-2,8-9,24-30H2,3-5H3/t35-,36+,37+,38?,42-,43?/m1/s1. The minimum absolute atomic E-state index is 0.197. The van der Waals surface area contributed by atoms with Crippen LogP contribution in [0.1, 0.15) is 44.7 Å². The van der Waals surface area contributed by atoms with Gasteiger partial charge in [0.15, 0.2) is 0 Å². The van der Waals surface area contributed by atoms with Crippen molar-refractivity contribution in [3.63, 3.8) is 0 Å². The second-order valence-electron chi connectivity index (χ2n) is 14.4. The van der Waals surface area contributed by atoms with E-state index in [9.17, 15) is 9.90 Å². The Morgan fingerprint density at radius 2 is 1.48 bits per heavy atom. The predicted octanol–water partition coefficient (Wildman–Crippen LogP) is 5.63. The van der Waals surface area contributed by atoms with E-state index in [1.807, 2.05) is 91.9 Å². The number of hydrogen-bond acceptors (Lipinski definition) is 6. The van der Waals surface area contributed by atoms with E-state index >= 15 is 9.59 Å². The van der Waals surface area contributed by atoms with Crippen LogP contribution in [0.2, 0.25) is 0 Å². The molecule has 9 nitrogen and oxygen atoms in total. The van der Waals surface area contributed by atoms with Crippen LogP contribution in [0.4, 0.5) is 11.4 Å². The molecule has 52 heavy (non-hydrogen) atoms. The maximum Gasteiger partial charge on any atom is 0.253 e. The highest BCUT2D eigenvalue weighted by Gasteiger charge is 2.79. The van der Waals surface area contributed by atoms with Crippen LogP contribution in [0, 0.1) is 11.8 Å². The zero-order valence-corrected chi connectivity index (χ0v) is 30.7. The van der Waals surface area contributed by atoms with E-state index in [0.29, 0.717) is 38.0 Å². The van der Waals surface area contributed by atoms with Crippen molar-refractivity contribution in [2.75, 3.05) is 42.6 Å². The van der Waals surface area contributed by atoms with Crippen molar-refractivity contribution in [2.45, 2.75) is 69.9 Å². The average molecular weight is 705 g/mol. The fourth-order valence-corrected chi connectivity index (χ4v) is 8.97. The van der Waals surface area contributed by atoms with Gasteiger partial charge in [-0.1, -0.05) is 72.8 Å². The number of nitrogens with zero attached hydrogens (tertiary/aromatic N) is 4. The van der Waals surface area contributed by atoms with Crippen LogP contribution in [0.3, 0.4) is 0 Å². The van der Waals surface area contributed by atoms with Crippen molar-refractivity contribution in [1.29, 1.82) is 0 Å². The molecule has 3 heterocycles. The van der Waals surface area contributed by atoms with Gasteiger partial charge in [-0.2, -0.15) is 0 Å². The molecule has 1 N–H and O–H groups in total. The summed E-state index contributed by atoms with van der Waals surface area (Å²) in [6, 6.07) is 25.5. The van der Waals surface area contributed by atoms with Gasteiger partial charge >= 0.3 is 0 Å². The Bertz CT molecular complexity index is 1750. The van der Waals surface area contributed by atoms with Gasteiger partial charge in [0.25, 0.3) is 5.91 Å². The maximum absolute atomic E-state index is 15.3. The highest BCUT2D eigenvalue weighted by atomic mass is 16.5. The van der Waals surface area contributed by atoms with E-state index in [4.69, 9.17) is 4.74 Å². The van der Waals surface area contributed by atoms with E-state index in [2.05, 4.69) is 31.9 Å². The van der Waals surface area contributed by atoms with E-state index in [1.54, 1.807) is 26.9 Å². The molecule has 2 bridgehead atoms. The Hall–Kier alpha value is -4.73. The van der Waals surface area contributed by atoms with Crippen molar-refractivity contribution in [3.05, 3.63) is 121 Å². The topological polar surface area (TPSA) is 93.6 Å². The summed E-state index contributed by atoms with van der Waals surface area (Å²) in [6.45, 7) is 16.2. The molecule has 0 saturated carbocycles. The Balaban J connectivity index is 1.43. The molecule has 9 heteroatoms. The third-order valence-electron chi connectivity index (χ3n) is 11.4. The van der Waals surface area contributed by atoms with Crippen LogP contribution in [0.25, 0.3) is 0 Å². The van der Waals surface area contributed by atoms with Crippen LogP contribution in [0.5, 0.6) is 0 Å². The molecule has 3 aromatic carbocycles. The summed E-state index contributed by atoms with van der Waals surface area (Å²) < 4.78 is 7.01. The molecular formula is C43H52N4O5. The zero-order valence-electron chi connectivity index (χ0n) is 30.7. The van der Waals surface area contributed by atoms with Crippen molar-refractivity contribution in [2.24, 2.45) is 11.8 Å². The number of amides is 3. The quantitative estimate of drug-likeness (QED) is 0.194. The van der Waals surface area contributed by atoms with Gasteiger partial charge in [-0.3, -0.25) is 14.4 Å². The van der Waals surface area contributed by atoms with E-state index < -0.39 is 35.1 Å². The second kappa shape index (κ2) is 15.5. The monoisotopic (exact) mass is 704 g/mol. The van der Waals surface area contributed by atoms with Gasteiger partial charge in [0, 0.05) is 44.1 Å². The van der Waals surface area contributed by atoms with Crippen molar-refractivity contribution < 1.29 is 24.2 Å². The first-order chi connectivity index (χ1) is 25.2. The number of anilines is 2. The normalized spacial score (nSPS) is 25.0. The van der Waals surface area contributed by atoms with Gasteiger partial charge in [0.05, 0.1) is 30.1 Å². The van der Waals surface area contributed by atoms with Gasteiger partial charge in [0.2, 0.25) is 11.8 Å². The fourth-order valence-electron chi connectivity index (χ4n) is 8.97. The lowest BCUT2D eigenvalue weighted by Gasteiger charge is -2.39. The molecule has 3 aromatic rings. The minimum Gasteiger partial charge on any atom is -0.394 e. The number of carbonyl (C=O) groups is 3. The first-order valence-electron chi connectivity index (χ1n) is 18.5. The summed E-state index contributed by atoms with van der Waals surface area (Å²) >= 11 is 0. The summed E-state index contributed by atoms with van der Waals surface area (Å²) in [5.74, 6) is -2.57. The molecule has 3 aliphatic rings. The highest BCUT2D eigenvalue weighted by molar-refractivity contribution is 6.05. The number of rotatable bonds is 16. The summed E-state index contributed by atoms with van der Waals surface area (Å²) in [5, 5.41) is 11.0. The first kappa shape index (κ1) is 37.0. The van der Waals surface area contributed by atoms with Crippen molar-refractivity contribution >= 4 is 29.1 Å². The SMILES string of the molecule is C=CCN(Cc1ccccc1)C(=O)[C@@H]1[C@H]2C(=O)N([C@@H](CO)Cc3ccccc3)C(C(=O)N(CC=C)c3ccc(N(CC)CC)cc3)C23CC[C@@]1(C)O3. The van der Waals surface area contributed by atoms with Crippen LogP contribution < -0.4 is 9.80 Å². The zero-order chi connectivity index (χ0) is 37.0. The van der Waals surface area contributed by atoms with E-state index in [-0.39, 0.29) is 30.9 Å². The van der Waals surface area contributed by atoms with E-state index in [1.165, 1.54) is 0 Å². The summed E-state index contributed by atoms with van der Waals surface area (Å²) in [7, 11) is 0. The van der Waals surface area contributed by atoms with Gasteiger partial charge in [0.1, 0.15) is 11.6 Å². The largest absolute Gasteiger partial charge is 0.394 e. The van der Waals surface area contributed by atoms with Gasteiger partial charge in [-0.25, -0.2) is 0 Å². The number of aliphatic hydroxyl groups excluding tert-OH is 1. The molecule has 6 atom stereocenters. The van der Waals surface area contributed by atoms with Crippen LogP contribution in [0.15, 0.2) is 110 Å². The lowest BCUT2D eigenvalue weighted by Crippen LogP contribution is -2.59. The van der Waals surface area contributed by atoms with Crippen molar-refractivity contribution in [3.8, 4) is 0 Å². The lowest BCUT2D eigenvalue weighted by atomic mass is 9.66. The predicted molar refractivity (Wildman–Crippen MR) is 205 cm³/mol. The van der Waals surface area contributed by atoms with Crippen LogP contribution in [-0.2, 0) is 32.1 Å². The number of carbonyl (C=O) groups excluding carboxylic acids is 3. The lowest BCUT2D eigenvalue weighted by molar-refractivity contribution is -0.152. The molecule has 0 radical (unpaired) electrons. The number of aliphatic hydroxyl groups is 1. The molecule has 3 fully saturated rings. The van der Waals surface area contributed by atoms with Gasteiger partial charge in [-0.05, 0) is 75.4 Å². The van der Waals surface area contributed by atoms with E-state index in [0.717, 1.165) is 29.9 Å². The summed E-state index contributed by atoms with van der Waals surface area (Å²) in [4.78, 5) is 52.4. The smallest absolute Gasteiger partial charge is 0.253 e. The molecule has 0 aromatic heterocycles. The Morgan fingerprint density at radius 3 is 2.06 bits per heavy atom. The molecule has 3 saturated heterocycles. The summed E-state index contributed by atoms with van der Waals surface area (Å²) in [6.07, 6.45) is 4.66. The van der Waals surface area contributed by atoms with Crippen LogP contribution >= 0.6 is 0 Å². The molecule has 6 rings (SSSR count). The maximum atomic E-state index is 15.3. The fraction of sp³-hybridized carbons (Fsp3) is 0.419. The first-order valence-corrected chi connectivity index (χ1v) is 18.5. The Labute approximate surface area is 308 Å². The van der Waals surface area contributed by atoms with Gasteiger partial charge in [-0.15, -0.1) is 13.2 Å². The molecule has 2 unspecified atom stereocenters. The molecule has 3 aliphatic heterocycles. The number of benzene rings is 3. The van der Waals surface area contributed by atoms with Crippen molar-refractivity contribution in [1.82, 2.24) is 9.80 Å². The number of fused-ring (bicyclic) bond motifs is 1. The molecule has 3 amide bonds. The molecule has 274 valence electrons. The second-order valence-corrected chi connectivity index (χ2v) is 14.4.